The van der Waals surface area contributed by atoms with Crippen molar-refractivity contribution in [1.82, 2.24) is 10.3 Å². The van der Waals surface area contributed by atoms with Crippen molar-refractivity contribution < 1.29 is 9.59 Å². The molecule has 0 bridgehead atoms. The van der Waals surface area contributed by atoms with Crippen molar-refractivity contribution in [2.45, 2.75) is 26.3 Å². The number of amides is 2. The van der Waals surface area contributed by atoms with Gasteiger partial charge in [-0.05, 0) is 54.8 Å². The van der Waals surface area contributed by atoms with Gasteiger partial charge in [0, 0.05) is 11.6 Å². The molecule has 4 rings (SSSR count). The second-order valence-corrected chi connectivity index (χ2v) is 6.96. The van der Waals surface area contributed by atoms with Gasteiger partial charge in [-0.25, -0.2) is 0 Å². The largest absolute Gasteiger partial charge is 0.346 e. The summed E-state index contributed by atoms with van der Waals surface area (Å²) in [5.41, 5.74) is 2.73. The lowest BCUT2D eigenvalue weighted by atomic mass is 10.0. The average Bonchev–Trinajstić information content (AvgIpc) is 3.51. The molecule has 0 unspecified atom stereocenters. The van der Waals surface area contributed by atoms with Crippen LogP contribution in [-0.2, 0) is 11.3 Å². The first-order valence-corrected chi connectivity index (χ1v) is 9.14. The molecule has 3 aromatic rings. The monoisotopic (exact) mass is 359 g/mol. The Hall–Kier alpha value is -3.21. The van der Waals surface area contributed by atoms with Crippen LogP contribution in [0.4, 0.5) is 5.69 Å². The molecule has 2 N–H and O–H groups in total. The van der Waals surface area contributed by atoms with E-state index in [2.05, 4.69) is 15.6 Å². The van der Waals surface area contributed by atoms with Crippen LogP contribution in [0.2, 0.25) is 0 Å². The summed E-state index contributed by atoms with van der Waals surface area (Å²) in [5, 5.41) is 7.80. The predicted molar refractivity (Wildman–Crippen MR) is 105 cm³/mol. The summed E-state index contributed by atoms with van der Waals surface area (Å²) in [6, 6.07) is 17.2. The van der Waals surface area contributed by atoms with Crippen molar-refractivity contribution >= 4 is 28.3 Å². The van der Waals surface area contributed by atoms with Gasteiger partial charge < -0.3 is 10.6 Å². The first kappa shape index (κ1) is 17.2. The van der Waals surface area contributed by atoms with Crippen LogP contribution in [-0.4, -0.2) is 16.8 Å². The Morgan fingerprint density at radius 2 is 1.78 bits per heavy atom. The fourth-order valence-corrected chi connectivity index (χ4v) is 3.08. The van der Waals surface area contributed by atoms with Gasteiger partial charge in [0.05, 0.1) is 23.5 Å². The number of carbonyl (C=O) groups excluding carboxylic acids is 2. The molecule has 27 heavy (non-hydrogen) atoms. The highest BCUT2D eigenvalue weighted by Crippen LogP contribution is 2.32. The standard InChI is InChI=1S/C22H21N3O2/c1-14-5-4-8-18(24-14)13-23-22(27)19-11-16-6-2-3-7-17(16)12-20(19)25-21(26)15-9-10-15/h2-8,11-12,15H,9-10,13H2,1H3,(H,23,27)(H,25,26). The summed E-state index contributed by atoms with van der Waals surface area (Å²) in [6.07, 6.45) is 1.83. The molecule has 0 radical (unpaired) electrons. The molecule has 1 saturated carbocycles. The summed E-state index contributed by atoms with van der Waals surface area (Å²) >= 11 is 0. The molecule has 0 spiro atoms. The normalized spacial score (nSPS) is 13.4. The van der Waals surface area contributed by atoms with Gasteiger partial charge in [-0.2, -0.15) is 0 Å². The third-order valence-corrected chi connectivity index (χ3v) is 4.71. The molecule has 1 aromatic heterocycles. The molecule has 1 heterocycles. The molecule has 5 heteroatoms. The number of hydrogen-bond acceptors (Lipinski definition) is 3. The maximum atomic E-state index is 12.8. The van der Waals surface area contributed by atoms with Crippen LogP contribution in [0.5, 0.6) is 0 Å². The molecule has 1 fully saturated rings. The SMILES string of the molecule is Cc1cccc(CNC(=O)c2cc3ccccc3cc2NC(=O)C2CC2)n1. The van der Waals surface area contributed by atoms with E-state index in [0.29, 0.717) is 17.8 Å². The number of nitrogens with zero attached hydrogens (tertiary/aromatic N) is 1. The lowest BCUT2D eigenvalue weighted by Crippen LogP contribution is -2.25. The van der Waals surface area contributed by atoms with Crippen LogP contribution in [0.15, 0.2) is 54.6 Å². The number of nitrogens with one attached hydrogen (secondary N) is 2. The van der Waals surface area contributed by atoms with Crippen molar-refractivity contribution in [2.75, 3.05) is 5.32 Å². The summed E-state index contributed by atoms with van der Waals surface area (Å²) in [6.45, 7) is 2.25. The van der Waals surface area contributed by atoms with E-state index in [1.807, 2.05) is 61.5 Å². The molecule has 1 aliphatic rings. The quantitative estimate of drug-likeness (QED) is 0.727. The van der Waals surface area contributed by atoms with Crippen molar-refractivity contribution in [1.29, 1.82) is 0 Å². The third-order valence-electron chi connectivity index (χ3n) is 4.71. The molecular weight excluding hydrogens is 338 g/mol. The minimum absolute atomic E-state index is 0.0142. The lowest BCUT2D eigenvalue weighted by molar-refractivity contribution is -0.117. The van der Waals surface area contributed by atoms with E-state index in [4.69, 9.17) is 0 Å². The van der Waals surface area contributed by atoms with E-state index in [9.17, 15) is 9.59 Å². The Labute approximate surface area is 157 Å². The predicted octanol–water partition coefficient (Wildman–Crippen LogP) is 3.82. The smallest absolute Gasteiger partial charge is 0.253 e. The Bertz CT molecular complexity index is 1020. The van der Waals surface area contributed by atoms with Crippen molar-refractivity contribution in [2.24, 2.45) is 5.92 Å². The molecule has 136 valence electrons. The molecule has 2 aromatic carbocycles. The number of carbonyl (C=O) groups is 2. The highest BCUT2D eigenvalue weighted by atomic mass is 16.2. The summed E-state index contributed by atoms with van der Waals surface area (Å²) < 4.78 is 0. The van der Waals surface area contributed by atoms with E-state index in [1.165, 1.54) is 0 Å². The van der Waals surface area contributed by atoms with E-state index in [1.54, 1.807) is 0 Å². The zero-order valence-corrected chi connectivity index (χ0v) is 15.2. The van der Waals surface area contributed by atoms with Crippen LogP contribution < -0.4 is 10.6 Å². The minimum atomic E-state index is -0.227. The zero-order chi connectivity index (χ0) is 18.8. The maximum Gasteiger partial charge on any atom is 0.253 e. The van der Waals surface area contributed by atoms with Gasteiger partial charge in [0.25, 0.3) is 5.91 Å². The molecule has 2 amide bonds. The average molecular weight is 359 g/mol. The summed E-state index contributed by atoms with van der Waals surface area (Å²) in [7, 11) is 0. The zero-order valence-electron chi connectivity index (χ0n) is 15.2. The Morgan fingerprint density at radius 1 is 1.04 bits per heavy atom. The van der Waals surface area contributed by atoms with Crippen LogP contribution in [0.3, 0.4) is 0 Å². The molecule has 0 saturated heterocycles. The molecule has 5 nitrogen and oxygen atoms in total. The number of aromatic nitrogens is 1. The van der Waals surface area contributed by atoms with Crippen LogP contribution in [0, 0.1) is 12.8 Å². The number of benzene rings is 2. The van der Waals surface area contributed by atoms with Gasteiger partial charge in [0.15, 0.2) is 0 Å². The second-order valence-electron chi connectivity index (χ2n) is 6.96. The van der Waals surface area contributed by atoms with Crippen LogP contribution in [0.1, 0.15) is 34.6 Å². The number of aryl methyl sites for hydroxylation is 1. The van der Waals surface area contributed by atoms with Gasteiger partial charge in [-0.1, -0.05) is 30.3 Å². The lowest BCUT2D eigenvalue weighted by Gasteiger charge is -2.13. The fraction of sp³-hybridized carbons (Fsp3) is 0.227. The van der Waals surface area contributed by atoms with Crippen LogP contribution in [0.25, 0.3) is 10.8 Å². The first-order valence-electron chi connectivity index (χ1n) is 9.14. The fourth-order valence-electron chi connectivity index (χ4n) is 3.08. The Kier molecular flexibility index (Phi) is 4.59. The Balaban J connectivity index is 1.61. The highest BCUT2D eigenvalue weighted by molar-refractivity contribution is 6.08. The highest BCUT2D eigenvalue weighted by Gasteiger charge is 2.30. The van der Waals surface area contributed by atoms with Gasteiger partial charge in [0.2, 0.25) is 5.91 Å². The van der Waals surface area contributed by atoms with E-state index in [0.717, 1.165) is 35.0 Å². The number of hydrogen-bond donors (Lipinski definition) is 2. The number of anilines is 1. The van der Waals surface area contributed by atoms with Crippen molar-refractivity contribution in [3.05, 3.63) is 71.5 Å². The van der Waals surface area contributed by atoms with E-state index in [-0.39, 0.29) is 17.7 Å². The van der Waals surface area contributed by atoms with Gasteiger partial charge >= 0.3 is 0 Å². The van der Waals surface area contributed by atoms with Crippen molar-refractivity contribution in [3.63, 3.8) is 0 Å². The molecule has 0 aliphatic heterocycles. The summed E-state index contributed by atoms with van der Waals surface area (Å²) in [5.74, 6) is -0.168. The maximum absolute atomic E-state index is 12.8. The van der Waals surface area contributed by atoms with E-state index >= 15 is 0 Å². The van der Waals surface area contributed by atoms with Crippen LogP contribution >= 0.6 is 0 Å². The number of fused-ring (bicyclic) bond motifs is 1. The first-order chi connectivity index (χ1) is 13.1. The third kappa shape index (κ3) is 3.97. The van der Waals surface area contributed by atoms with Gasteiger partial charge in [0.1, 0.15) is 0 Å². The molecule has 0 atom stereocenters. The molecule has 1 aliphatic carbocycles. The minimum Gasteiger partial charge on any atom is -0.346 e. The van der Waals surface area contributed by atoms with Crippen molar-refractivity contribution in [3.8, 4) is 0 Å². The van der Waals surface area contributed by atoms with E-state index < -0.39 is 0 Å². The van der Waals surface area contributed by atoms with Gasteiger partial charge in [-0.3, -0.25) is 14.6 Å². The molecular formula is C22H21N3O2. The number of pyridine rings is 1. The number of rotatable bonds is 5. The summed E-state index contributed by atoms with van der Waals surface area (Å²) in [4.78, 5) is 29.5. The second kappa shape index (κ2) is 7.19. The van der Waals surface area contributed by atoms with Gasteiger partial charge in [-0.15, -0.1) is 0 Å². The topological polar surface area (TPSA) is 71.1 Å². The Morgan fingerprint density at radius 3 is 2.48 bits per heavy atom.